The molecule has 2 aromatic heterocycles. The van der Waals surface area contributed by atoms with Crippen LogP contribution in [-0.4, -0.2) is 40.3 Å². The Hall–Kier alpha value is -2.96. The molecule has 2 amide bonds. The number of carbonyl (C=O) groups is 2. The van der Waals surface area contributed by atoms with Crippen molar-refractivity contribution in [1.82, 2.24) is 20.2 Å². The van der Waals surface area contributed by atoms with Crippen molar-refractivity contribution >= 4 is 11.8 Å². The zero-order chi connectivity index (χ0) is 19.5. The highest BCUT2D eigenvalue weighted by Gasteiger charge is 2.26. The lowest BCUT2D eigenvalue weighted by atomic mass is 9.85. The number of fused-ring (bicyclic) bond motifs is 1. The lowest BCUT2D eigenvalue weighted by Crippen LogP contribution is -2.37. The molecule has 1 aliphatic carbocycles. The lowest BCUT2D eigenvalue weighted by molar-refractivity contribution is -0.127. The van der Waals surface area contributed by atoms with Crippen molar-refractivity contribution in [3.8, 4) is 5.75 Å². The van der Waals surface area contributed by atoms with E-state index >= 15 is 0 Å². The van der Waals surface area contributed by atoms with Crippen molar-refractivity contribution < 1.29 is 14.3 Å². The molecular formula is C21H24N4O3. The fourth-order valence-corrected chi connectivity index (χ4v) is 3.57. The summed E-state index contributed by atoms with van der Waals surface area (Å²) in [6, 6.07) is 5.42. The number of ether oxygens (including phenoxy) is 1. The van der Waals surface area contributed by atoms with Gasteiger partial charge in [-0.25, -0.2) is 0 Å². The van der Waals surface area contributed by atoms with Crippen molar-refractivity contribution in [2.75, 3.05) is 13.7 Å². The Morgan fingerprint density at radius 1 is 1.29 bits per heavy atom. The molecule has 0 radical (unpaired) electrons. The normalized spacial score (nSPS) is 16.1. The lowest BCUT2D eigenvalue weighted by Gasteiger charge is -2.28. The molecule has 1 N–H and O–H groups in total. The third-order valence-electron chi connectivity index (χ3n) is 5.51. The van der Waals surface area contributed by atoms with Crippen LogP contribution in [0.5, 0.6) is 5.75 Å². The molecule has 0 unspecified atom stereocenters. The van der Waals surface area contributed by atoms with Crippen LogP contribution < -0.4 is 10.1 Å². The zero-order valence-corrected chi connectivity index (χ0v) is 16.0. The molecule has 0 atom stereocenters. The third-order valence-corrected chi connectivity index (χ3v) is 5.51. The number of rotatable bonds is 5. The maximum absolute atomic E-state index is 12.8. The molecule has 0 saturated heterocycles. The van der Waals surface area contributed by atoms with E-state index in [0.29, 0.717) is 37.5 Å². The van der Waals surface area contributed by atoms with Gasteiger partial charge in [0.2, 0.25) is 5.91 Å². The fourth-order valence-electron chi connectivity index (χ4n) is 3.57. The van der Waals surface area contributed by atoms with E-state index in [1.54, 1.807) is 30.3 Å². The minimum absolute atomic E-state index is 0.117. The highest BCUT2D eigenvalue weighted by Crippen LogP contribution is 2.26. The number of aromatic nitrogens is 2. The molecule has 1 aliphatic heterocycles. The minimum Gasteiger partial charge on any atom is -0.497 e. The predicted octanol–water partition coefficient (Wildman–Crippen LogP) is 2.10. The van der Waals surface area contributed by atoms with Gasteiger partial charge in [0.15, 0.2) is 0 Å². The van der Waals surface area contributed by atoms with Gasteiger partial charge in [0.25, 0.3) is 5.91 Å². The van der Waals surface area contributed by atoms with Crippen molar-refractivity contribution in [2.24, 2.45) is 5.92 Å². The minimum atomic E-state index is -0.117. The first-order valence-electron chi connectivity index (χ1n) is 9.68. The van der Waals surface area contributed by atoms with Gasteiger partial charge in [0, 0.05) is 56.1 Å². The number of pyridine rings is 2. The topological polar surface area (TPSA) is 84.4 Å². The van der Waals surface area contributed by atoms with Gasteiger partial charge in [-0.2, -0.15) is 0 Å². The Labute approximate surface area is 164 Å². The molecule has 7 nitrogen and oxygen atoms in total. The van der Waals surface area contributed by atoms with Crippen LogP contribution in [0.2, 0.25) is 0 Å². The standard InChI is InChI=1S/C21H24N4O3/c1-28-17-5-7-22-19(10-17)21(27)25-8-6-18-16(13-25)9-14(11-23-18)12-24-20(26)15-3-2-4-15/h5,7,9-11,15H,2-4,6,8,12-13H2,1H3,(H,24,26). The van der Waals surface area contributed by atoms with E-state index in [1.807, 2.05) is 12.3 Å². The van der Waals surface area contributed by atoms with Crippen LogP contribution in [-0.2, 0) is 24.3 Å². The second kappa shape index (κ2) is 7.96. The summed E-state index contributed by atoms with van der Waals surface area (Å²) in [4.78, 5) is 35.4. The van der Waals surface area contributed by atoms with E-state index in [4.69, 9.17) is 4.74 Å². The van der Waals surface area contributed by atoms with E-state index in [-0.39, 0.29) is 17.7 Å². The van der Waals surface area contributed by atoms with Crippen molar-refractivity contribution in [3.05, 3.63) is 53.1 Å². The first-order valence-corrected chi connectivity index (χ1v) is 9.68. The second-order valence-corrected chi connectivity index (χ2v) is 7.35. The molecule has 3 heterocycles. The van der Waals surface area contributed by atoms with E-state index in [9.17, 15) is 9.59 Å². The molecule has 4 rings (SSSR count). The maximum atomic E-state index is 12.8. The van der Waals surface area contributed by atoms with E-state index in [0.717, 1.165) is 36.1 Å². The van der Waals surface area contributed by atoms with Crippen LogP contribution in [0.3, 0.4) is 0 Å². The Morgan fingerprint density at radius 3 is 2.89 bits per heavy atom. The Morgan fingerprint density at radius 2 is 2.14 bits per heavy atom. The summed E-state index contributed by atoms with van der Waals surface area (Å²) in [5.74, 6) is 0.800. The van der Waals surface area contributed by atoms with Crippen LogP contribution >= 0.6 is 0 Å². The third kappa shape index (κ3) is 3.83. The smallest absolute Gasteiger partial charge is 0.272 e. The highest BCUT2D eigenvalue weighted by molar-refractivity contribution is 5.92. The summed E-state index contributed by atoms with van der Waals surface area (Å²) in [6.45, 7) is 1.57. The molecule has 0 aromatic carbocycles. The van der Waals surface area contributed by atoms with Gasteiger partial charge >= 0.3 is 0 Å². The van der Waals surface area contributed by atoms with Crippen molar-refractivity contribution in [2.45, 2.75) is 38.8 Å². The Kier molecular flexibility index (Phi) is 5.23. The second-order valence-electron chi connectivity index (χ2n) is 7.35. The van der Waals surface area contributed by atoms with Gasteiger partial charge in [-0.1, -0.05) is 6.42 Å². The molecule has 2 aromatic rings. The summed E-state index contributed by atoms with van der Waals surface area (Å²) >= 11 is 0. The number of hydrogen-bond donors (Lipinski definition) is 1. The molecule has 0 spiro atoms. The summed E-state index contributed by atoms with van der Waals surface area (Å²) in [7, 11) is 1.57. The van der Waals surface area contributed by atoms with Gasteiger partial charge in [0.1, 0.15) is 11.4 Å². The molecule has 146 valence electrons. The molecule has 2 aliphatic rings. The fraction of sp³-hybridized carbons (Fsp3) is 0.429. The van der Waals surface area contributed by atoms with Gasteiger partial charge in [0.05, 0.1) is 7.11 Å². The average Bonchev–Trinajstić information content (AvgIpc) is 2.70. The van der Waals surface area contributed by atoms with Crippen molar-refractivity contribution in [3.63, 3.8) is 0 Å². The van der Waals surface area contributed by atoms with Gasteiger partial charge < -0.3 is 15.0 Å². The Bertz CT molecular complexity index is 895. The van der Waals surface area contributed by atoms with Crippen LogP contribution in [0.1, 0.15) is 46.6 Å². The number of nitrogens with one attached hydrogen (secondary N) is 1. The van der Waals surface area contributed by atoms with E-state index in [2.05, 4.69) is 15.3 Å². The zero-order valence-electron chi connectivity index (χ0n) is 16.0. The summed E-state index contributed by atoms with van der Waals surface area (Å²) < 4.78 is 5.18. The number of carbonyl (C=O) groups excluding carboxylic acids is 2. The van der Waals surface area contributed by atoms with Crippen LogP contribution in [0, 0.1) is 5.92 Å². The van der Waals surface area contributed by atoms with E-state index < -0.39 is 0 Å². The summed E-state index contributed by atoms with van der Waals surface area (Å²) in [5, 5.41) is 3.00. The number of hydrogen-bond acceptors (Lipinski definition) is 5. The van der Waals surface area contributed by atoms with Gasteiger partial charge in [-0.15, -0.1) is 0 Å². The van der Waals surface area contributed by atoms with Gasteiger partial charge in [-0.3, -0.25) is 19.6 Å². The van der Waals surface area contributed by atoms with Crippen LogP contribution in [0.15, 0.2) is 30.6 Å². The van der Waals surface area contributed by atoms with E-state index in [1.165, 1.54) is 0 Å². The van der Waals surface area contributed by atoms with Gasteiger partial charge in [-0.05, 0) is 36.1 Å². The molecule has 0 bridgehead atoms. The average molecular weight is 380 g/mol. The molecule has 1 saturated carbocycles. The van der Waals surface area contributed by atoms with Crippen molar-refractivity contribution in [1.29, 1.82) is 0 Å². The number of amides is 2. The Balaban J connectivity index is 1.43. The quantitative estimate of drug-likeness (QED) is 0.859. The largest absolute Gasteiger partial charge is 0.497 e. The van der Waals surface area contributed by atoms with Crippen LogP contribution in [0.25, 0.3) is 0 Å². The van der Waals surface area contributed by atoms with Crippen LogP contribution in [0.4, 0.5) is 0 Å². The summed E-state index contributed by atoms with van der Waals surface area (Å²) in [5.41, 5.74) is 3.37. The summed E-state index contributed by atoms with van der Waals surface area (Å²) in [6.07, 6.45) is 7.23. The number of methoxy groups -OCH3 is 1. The molecule has 7 heteroatoms. The number of nitrogens with zero attached hydrogens (tertiary/aromatic N) is 3. The SMILES string of the molecule is COc1ccnc(C(=O)N2CCc3ncc(CNC(=O)C4CCC4)cc3C2)c1. The monoisotopic (exact) mass is 380 g/mol. The molecule has 1 fully saturated rings. The molecular weight excluding hydrogens is 356 g/mol. The highest BCUT2D eigenvalue weighted by atomic mass is 16.5. The first-order chi connectivity index (χ1) is 13.6. The predicted molar refractivity (Wildman–Crippen MR) is 103 cm³/mol. The molecule has 28 heavy (non-hydrogen) atoms. The first kappa shape index (κ1) is 18.4. The maximum Gasteiger partial charge on any atom is 0.272 e.